The van der Waals surface area contributed by atoms with Gasteiger partial charge in [0.15, 0.2) is 5.65 Å². The average molecular weight is 445 g/mol. The maximum Gasteiger partial charge on any atom is 0.324 e. The number of carbonyl (C=O) groups excluding carboxylic acids is 2. The maximum atomic E-state index is 12.1. The van der Waals surface area contributed by atoms with Crippen LogP contribution >= 0.6 is 15.9 Å². The van der Waals surface area contributed by atoms with Crippen LogP contribution in [0.1, 0.15) is 24.5 Å². The van der Waals surface area contributed by atoms with E-state index >= 15 is 0 Å². The topological polar surface area (TPSA) is 123 Å². The van der Waals surface area contributed by atoms with Gasteiger partial charge in [-0.25, -0.2) is 9.78 Å². The number of aromatic nitrogens is 5. The van der Waals surface area contributed by atoms with Crippen molar-refractivity contribution in [3.05, 3.63) is 28.8 Å². The molecule has 0 saturated carbocycles. The summed E-state index contributed by atoms with van der Waals surface area (Å²) >= 11 is 3.56. The molecule has 0 radical (unpaired) electrons. The van der Waals surface area contributed by atoms with Crippen LogP contribution in [0.5, 0.6) is 0 Å². The molecule has 11 heteroatoms. The summed E-state index contributed by atoms with van der Waals surface area (Å²) in [6, 6.07) is -0.727. The van der Waals surface area contributed by atoms with Gasteiger partial charge in [0.2, 0.25) is 0 Å². The number of nitrogens with two attached hydrogens (primary N) is 1. The third kappa shape index (κ3) is 2.42. The van der Waals surface area contributed by atoms with Gasteiger partial charge in [0.1, 0.15) is 11.9 Å². The highest BCUT2D eigenvalue weighted by Gasteiger charge is 2.43. The third-order valence-electron chi connectivity index (χ3n) is 5.43. The van der Waals surface area contributed by atoms with Gasteiger partial charge in [0.05, 0.1) is 22.6 Å². The Morgan fingerprint density at radius 3 is 2.82 bits per heavy atom. The second kappa shape index (κ2) is 6.03. The summed E-state index contributed by atoms with van der Waals surface area (Å²) in [6.07, 6.45) is 6.69. The first kappa shape index (κ1) is 17.2. The maximum absolute atomic E-state index is 12.1. The van der Waals surface area contributed by atoms with E-state index in [0.29, 0.717) is 28.9 Å². The Hall–Kier alpha value is -2.95. The molecule has 3 N–H and O–H groups in total. The number of urea groups is 1. The van der Waals surface area contributed by atoms with E-state index in [1.807, 2.05) is 13.2 Å². The highest BCUT2D eigenvalue weighted by Crippen LogP contribution is 2.38. The summed E-state index contributed by atoms with van der Waals surface area (Å²) in [5, 5.41) is 11.0. The molecular weight excluding hydrogens is 428 g/mol. The smallest absolute Gasteiger partial charge is 0.324 e. The van der Waals surface area contributed by atoms with Crippen LogP contribution in [-0.4, -0.2) is 53.8 Å². The monoisotopic (exact) mass is 444 g/mol. The Bertz CT molecular complexity index is 1140. The SMILES string of the molecule is Cn1cc(-c2cnn3c(N)c(Br)c(C4CCC5C(=O)NC(=O)N5C4)nc23)cn1. The van der Waals surface area contributed by atoms with E-state index in [0.717, 1.165) is 23.2 Å². The molecule has 0 spiro atoms. The van der Waals surface area contributed by atoms with Gasteiger partial charge in [-0.3, -0.25) is 14.8 Å². The zero-order valence-electron chi connectivity index (χ0n) is 15.0. The molecule has 3 aromatic heterocycles. The fraction of sp³-hybridized carbons (Fsp3) is 0.353. The minimum absolute atomic E-state index is 0.0359. The molecule has 5 heterocycles. The van der Waals surface area contributed by atoms with Crippen LogP contribution < -0.4 is 11.1 Å². The number of piperidine rings is 1. The molecule has 0 aromatic carbocycles. The number of hydrogen-bond acceptors (Lipinski definition) is 6. The molecule has 2 atom stereocenters. The highest BCUT2D eigenvalue weighted by molar-refractivity contribution is 9.10. The van der Waals surface area contributed by atoms with Crippen molar-refractivity contribution >= 4 is 39.3 Å². The first-order chi connectivity index (χ1) is 13.4. The van der Waals surface area contributed by atoms with Crippen molar-refractivity contribution in [3.8, 4) is 11.1 Å². The number of imide groups is 1. The molecule has 2 unspecified atom stereocenters. The lowest BCUT2D eigenvalue weighted by Crippen LogP contribution is -2.42. The number of nitrogen functional groups attached to an aromatic ring is 1. The van der Waals surface area contributed by atoms with Gasteiger partial charge in [-0.15, -0.1) is 0 Å². The van der Waals surface area contributed by atoms with Gasteiger partial charge in [0.25, 0.3) is 5.91 Å². The number of aryl methyl sites for hydroxylation is 1. The Morgan fingerprint density at radius 1 is 1.25 bits per heavy atom. The number of carbonyl (C=O) groups is 2. The summed E-state index contributed by atoms with van der Waals surface area (Å²) in [7, 11) is 1.85. The molecule has 2 aliphatic heterocycles. The first-order valence-electron chi connectivity index (χ1n) is 8.87. The standard InChI is InChI=1S/C17H17BrN8O2/c1-24-6-9(4-20-24)10-5-21-26-14(19)12(18)13(22-15(10)26)8-2-3-11-16(27)23-17(28)25(11)7-8/h4-6,8,11H,2-3,7,19H2,1H3,(H,23,27,28). The predicted molar refractivity (Wildman–Crippen MR) is 103 cm³/mol. The van der Waals surface area contributed by atoms with Crippen LogP contribution in [0.25, 0.3) is 16.8 Å². The number of hydrogen-bond donors (Lipinski definition) is 2. The van der Waals surface area contributed by atoms with Crippen molar-refractivity contribution in [1.29, 1.82) is 0 Å². The van der Waals surface area contributed by atoms with Crippen LogP contribution in [0.3, 0.4) is 0 Å². The summed E-state index contributed by atoms with van der Waals surface area (Å²) in [5.74, 6) is 0.186. The molecule has 10 nitrogen and oxygen atoms in total. The van der Waals surface area contributed by atoms with Crippen molar-refractivity contribution in [2.24, 2.45) is 7.05 Å². The van der Waals surface area contributed by atoms with Gasteiger partial charge in [-0.1, -0.05) is 0 Å². The van der Waals surface area contributed by atoms with Crippen LogP contribution in [0, 0.1) is 0 Å². The van der Waals surface area contributed by atoms with E-state index in [9.17, 15) is 9.59 Å². The van der Waals surface area contributed by atoms with E-state index in [1.165, 1.54) is 0 Å². The lowest BCUT2D eigenvalue weighted by Gasteiger charge is -2.33. The number of fused-ring (bicyclic) bond motifs is 2. The summed E-state index contributed by atoms with van der Waals surface area (Å²) < 4.78 is 3.97. The Labute approximate surface area is 167 Å². The fourth-order valence-electron chi connectivity index (χ4n) is 4.00. The Kier molecular flexibility index (Phi) is 3.69. The zero-order valence-corrected chi connectivity index (χ0v) is 16.5. The molecule has 2 saturated heterocycles. The molecular formula is C17H17BrN8O2. The minimum Gasteiger partial charge on any atom is -0.383 e. The van der Waals surface area contributed by atoms with Gasteiger partial charge >= 0.3 is 6.03 Å². The molecule has 3 amide bonds. The molecule has 2 aliphatic rings. The van der Waals surface area contributed by atoms with Gasteiger partial charge in [-0.2, -0.15) is 14.7 Å². The van der Waals surface area contributed by atoms with E-state index in [-0.39, 0.29) is 23.9 Å². The van der Waals surface area contributed by atoms with Crippen LogP contribution in [-0.2, 0) is 11.8 Å². The van der Waals surface area contributed by atoms with Crippen LogP contribution in [0.4, 0.5) is 10.6 Å². The second-order valence-corrected chi connectivity index (χ2v) is 7.92. The minimum atomic E-state index is -0.385. The zero-order chi connectivity index (χ0) is 19.6. The average Bonchev–Trinajstić information content (AvgIpc) is 3.36. The van der Waals surface area contributed by atoms with E-state index < -0.39 is 0 Å². The van der Waals surface area contributed by atoms with E-state index in [2.05, 4.69) is 31.4 Å². The molecule has 28 heavy (non-hydrogen) atoms. The van der Waals surface area contributed by atoms with Gasteiger partial charge in [-0.05, 0) is 28.8 Å². The predicted octanol–water partition coefficient (Wildman–Crippen LogP) is 1.27. The number of halogens is 1. The number of nitrogens with one attached hydrogen (secondary N) is 1. The van der Waals surface area contributed by atoms with Crippen molar-refractivity contribution in [3.63, 3.8) is 0 Å². The largest absolute Gasteiger partial charge is 0.383 e. The van der Waals surface area contributed by atoms with Crippen LogP contribution in [0.15, 0.2) is 23.1 Å². The molecule has 144 valence electrons. The Morgan fingerprint density at radius 2 is 2.07 bits per heavy atom. The molecule has 0 bridgehead atoms. The molecule has 2 fully saturated rings. The second-order valence-electron chi connectivity index (χ2n) is 7.13. The fourth-order valence-corrected chi connectivity index (χ4v) is 4.58. The molecule has 0 aliphatic carbocycles. The van der Waals surface area contributed by atoms with Gasteiger partial charge < -0.3 is 10.6 Å². The third-order valence-corrected chi connectivity index (χ3v) is 6.24. The van der Waals surface area contributed by atoms with Crippen molar-refractivity contribution in [2.75, 3.05) is 12.3 Å². The molecule has 3 aromatic rings. The summed E-state index contributed by atoms with van der Waals surface area (Å²) in [5.41, 5.74) is 9.45. The highest BCUT2D eigenvalue weighted by atomic mass is 79.9. The van der Waals surface area contributed by atoms with E-state index in [1.54, 1.807) is 26.5 Å². The van der Waals surface area contributed by atoms with Crippen molar-refractivity contribution in [1.82, 2.24) is 34.6 Å². The number of amides is 3. The lowest BCUT2D eigenvalue weighted by molar-refractivity contribution is -0.122. The molecule has 5 rings (SSSR count). The quantitative estimate of drug-likeness (QED) is 0.573. The van der Waals surface area contributed by atoms with Crippen LogP contribution in [0.2, 0.25) is 0 Å². The van der Waals surface area contributed by atoms with Crippen molar-refractivity contribution < 1.29 is 9.59 Å². The Balaban J connectivity index is 1.59. The van der Waals surface area contributed by atoms with Gasteiger partial charge in [0, 0.05) is 36.8 Å². The number of nitrogens with zero attached hydrogens (tertiary/aromatic N) is 6. The first-order valence-corrected chi connectivity index (χ1v) is 9.66. The van der Waals surface area contributed by atoms with E-state index in [4.69, 9.17) is 10.7 Å². The number of rotatable bonds is 2. The lowest BCUT2D eigenvalue weighted by atomic mass is 9.90. The summed E-state index contributed by atoms with van der Waals surface area (Å²) in [6.45, 7) is 0.416. The number of anilines is 1. The van der Waals surface area contributed by atoms with Crippen molar-refractivity contribution in [2.45, 2.75) is 24.8 Å². The normalized spacial score (nSPS) is 22.0. The summed E-state index contributed by atoms with van der Waals surface area (Å²) in [4.78, 5) is 30.4.